The molecule has 0 spiro atoms. The number of hydrogen-bond donors (Lipinski definition) is 3. The van der Waals surface area contributed by atoms with Gasteiger partial charge in [-0.15, -0.1) is 0 Å². The molecule has 1 aromatic rings. The summed E-state index contributed by atoms with van der Waals surface area (Å²) in [6.45, 7) is 2.69. The van der Waals surface area contributed by atoms with E-state index in [1.165, 1.54) is 6.07 Å². The van der Waals surface area contributed by atoms with Crippen LogP contribution in [0.2, 0.25) is 0 Å². The average Bonchev–Trinajstić information content (AvgIpc) is 2.28. The third-order valence-electron chi connectivity index (χ3n) is 2.41. The maximum Gasteiger partial charge on any atom is 0.324 e. The number of carboxylic acid groups (broad SMARTS) is 1. The topological polar surface area (TPSA) is 104 Å². The van der Waals surface area contributed by atoms with E-state index in [4.69, 9.17) is 5.11 Å². The van der Waals surface area contributed by atoms with E-state index in [2.05, 4.69) is 0 Å². The summed E-state index contributed by atoms with van der Waals surface area (Å²) in [6.07, 6.45) is -1.46. The van der Waals surface area contributed by atoms with Gasteiger partial charge in [-0.1, -0.05) is 6.07 Å². The lowest BCUT2D eigenvalue weighted by atomic mass is 10.2. The summed E-state index contributed by atoms with van der Waals surface area (Å²) in [5.41, 5.74) is 0.505. The summed E-state index contributed by atoms with van der Waals surface area (Å²) >= 11 is 0. The van der Waals surface area contributed by atoms with Crippen LogP contribution in [0, 0.1) is 12.7 Å². The number of sulfonamides is 1. The van der Waals surface area contributed by atoms with Gasteiger partial charge in [0.25, 0.3) is 0 Å². The molecule has 0 aliphatic heterocycles. The van der Waals surface area contributed by atoms with Crippen LogP contribution in [0.4, 0.5) is 4.39 Å². The van der Waals surface area contributed by atoms with E-state index in [0.29, 0.717) is 5.56 Å². The maximum absolute atomic E-state index is 13.5. The summed E-state index contributed by atoms with van der Waals surface area (Å²) in [5.74, 6) is -2.54. The molecule has 0 amide bonds. The van der Waals surface area contributed by atoms with Crippen molar-refractivity contribution in [1.29, 1.82) is 0 Å². The molecule has 19 heavy (non-hydrogen) atoms. The number of carboxylic acids is 1. The van der Waals surface area contributed by atoms with Crippen molar-refractivity contribution in [3.05, 3.63) is 29.6 Å². The van der Waals surface area contributed by atoms with E-state index in [1.807, 2.05) is 0 Å². The molecule has 0 bridgehead atoms. The van der Waals surface area contributed by atoms with Gasteiger partial charge in [-0.05, 0) is 31.5 Å². The van der Waals surface area contributed by atoms with Crippen molar-refractivity contribution in [2.24, 2.45) is 0 Å². The first-order chi connectivity index (χ1) is 8.65. The Bertz CT molecular complexity index is 585. The van der Waals surface area contributed by atoms with Crippen LogP contribution in [0.1, 0.15) is 12.5 Å². The fraction of sp³-hybridized carbons (Fsp3) is 0.364. The first-order valence-corrected chi connectivity index (χ1v) is 6.83. The van der Waals surface area contributed by atoms with Gasteiger partial charge in [0.05, 0.1) is 6.10 Å². The first kappa shape index (κ1) is 15.5. The van der Waals surface area contributed by atoms with Gasteiger partial charge in [0, 0.05) is 0 Å². The summed E-state index contributed by atoms with van der Waals surface area (Å²) in [7, 11) is -4.37. The second-order valence-electron chi connectivity index (χ2n) is 4.11. The molecule has 0 unspecified atom stereocenters. The Kier molecular flexibility index (Phi) is 4.61. The maximum atomic E-state index is 13.5. The van der Waals surface area contributed by atoms with Crippen molar-refractivity contribution in [2.45, 2.75) is 30.9 Å². The summed E-state index contributed by atoms with van der Waals surface area (Å²) < 4.78 is 39.0. The van der Waals surface area contributed by atoms with Gasteiger partial charge in [-0.25, -0.2) is 12.8 Å². The third kappa shape index (κ3) is 3.72. The van der Waals surface area contributed by atoms with Crippen molar-refractivity contribution in [3.8, 4) is 0 Å². The molecule has 0 aliphatic rings. The Morgan fingerprint density at radius 2 is 2.00 bits per heavy atom. The highest BCUT2D eigenvalue weighted by molar-refractivity contribution is 7.89. The van der Waals surface area contributed by atoms with Gasteiger partial charge in [0.15, 0.2) is 0 Å². The van der Waals surface area contributed by atoms with Crippen molar-refractivity contribution >= 4 is 16.0 Å². The predicted molar refractivity (Wildman–Crippen MR) is 64.6 cm³/mol. The Hall–Kier alpha value is -1.51. The van der Waals surface area contributed by atoms with Crippen molar-refractivity contribution in [2.75, 3.05) is 0 Å². The zero-order chi connectivity index (χ0) is 14.8. The average molecular weight is 291 g/mol. The largest absolute Gasteiger partial charge is 0.480 e. The monoisotopic (exact) mass is 291 g/mol. The number of aliphatic carboxylic acids is 1. The highest BCUT2D eigenvalue weighted by atomic mass is 32.2. The lowest BCUT2D eigenvalue weighted by molar-refractivity contribution is -0.141. The number of rotatable bonds is 5. The number of carbonyl (C=O) groups is 1. The molecule has 2 atom stereocenters. The van der Waals surface area contributed by atoms with Gasteiger partial charge < -0.3 is 10.2 Å². The molecule has 0 fully saturated rings. The normalized spacial score (nSPS) is 14.9. The lowest BCUT2D eigenvalue weighted by Crippen LogP contribution is -2.47. The fourth-order valence-electron chi connectivity index (χ4n) is 1.40. The van der Waals surface area contributed by atoms with Gasteiger partial charge in [0.2, 0.25) is 10.0 Å². The van der Waals surface area contributed by atoms with Crippen LogP contribution in [0.3, 0.4) is 0 Å². The predicted octanol–water partition coefficient (Wildman–Crippen LogP) is 0.246. The minimum Gasteiger partial charge on any atom is -0.480 e. The molecular formula is C11H14FNO5S. The summed E-state index contributed by atoms with van der Waals surface area (Å²) in [4.78, 5) is 10.2. The molecule has 8 heteroatoms. The summed E-state index contributed by atoms with van der Waals surface area (Å²) in [5, 5.41) is 18.0. The second kappa shape index (κ2) is 5.64. The van der Waals surface area contributed by atoms with Crippen LogP contribution in [0.15, 0.2) is 23.1 Å². The smallest absolute Gasteiger partial charge is 0.324 e. The van der Waals surface area contributed by atoms with E-state index in [0.717, 1.165) is 19.1 Å². The highest BCUT2D eigenvalue weighted by Crippen LogP contribution is 2.16. The Morgan fingerprint density at radius 1 is 1.42 bits per heavy atom. The van der Waals surface area contributed by atoms with Gasteiger partial charge in [-0.3, -0.25) is 4.79 Å². The van der Waals surface area contributed by atoms with Gasteiger partial charge in [0.1, 0.15) is 16.8 Å². The van der Waals surface area contributed by atoms with Crippen LogP contribution >= 0.6 is 0 Å². The lowest BCUT2D eigenvalue weighted by Gasteiger charge is -2.17. The quantitative estimate of drug-likeness (QED) is 0.721. The van der Waals surface area contributed by atoms with E-state index >= 15 is 0 Å². The Balaban J connectivity index is 3.17. The van der Waals surface area contributed by atoms with E-state index < -0.39 is 38.9 Å². The van der Waals surface area contributed by atoms with Crippen LogP contribution in [-0.2, 0) is 14.8 Å². The highest BCUT2D eigenvalue weighted by Gasteiger charge is 2.30. The molecular weight excluding hydrogens is 277 g/mol. The Morgan fingerprint density at radius 3 is 2.47 bits per heavy atom. The van der Waals surface area contributed by atoms with Crippen molar-refractivity contribution in [1.82, 2.24) is 4.72 Å². The molecule has 6 nitrogen and oxygen atoms in total. The number of aryl methyl sites for hydroxylation is 1. The SMILES string of the molecule is Cc1ccc(F)c(S(=O)(=O)N[C@H](C(=O)O)[C@@H](C)O)c1. The molecule has 0 radical (unpaired) electrons. The molecule has 0 saturated carbocycles. The van der Waals surface area contributed by atoms with E-state index in [1.54, 1.807) is 11.6 Å². The number of aliphatic hydroxyl groups is 1. The second-order valence-corrected chi connectivity index (χ2v) is 5.79. The zero-order valence-electron chi connectivity index (χ0n) is 10.3. The first-order valence-electron chi connectivity index (χ1n) is 5.34. The standard InChI is InChI=1S/C11H14FNO5S/c1-6-3-4-8(12)9(5-6)19(17,18)13-10(7(2)14)11(15)16/h3-5,7,10,13-14H,1-2H3,(H,15,16)/t7-,10+/m1/s1. The van der Waals surface area contributed by atoms with Gasteiger partial charge >= 0.3 is 5.97 Å². The molecule has 1 aromatic carbocycles. The van der Waals surface area contributed by atoms with E-state index in [-0.39, 0.29) is 0 Å². The molecule has 0 aromatic heterocycles. The number of benzene rings is 1. The van der Waals surface area contributed by atoms with Crippen LogP contribution in [0.5, 0.6) is 0 Å². The van der Waals surface area contributed by atoms with Crippen molar-refractivity contribution in [3.63, 3.8) is 0 Å². The summed E-state index contributed by atoms with van der Waals surface area (Å²) in [6, 6.07) is 1.70. The molecule has 0 heterocycles. The molecule has 1 rings (SSSR count). The van der Waals surface area contributed by atoms with E-state index in [9.17, 15) is 22.7 Å². The van der Waals surface area contributed by atoms with Crippen LogP contribution in [0.25, 0.3) is 0 Å². The number of hydrogen-bond acceptors (Lipinski definition) is 4. The van der Waals surface area contributed by atoms with Crippen LogP contribution < -0.4 is 4.72 Å². The Labute approximate surface area is 109 Å². The minimum atomic E-state index is -4.37. The fourth-order valence-corrected chi connectivity index (χ4v) is 2.83. The van der Waals surface area contributed by atoms with Crippen LogP contribution in [-0.4, -0.2) is 36.7 Å². The number of aliphatic hydroxyl groups excluding tert-OH is 1. The molecule has 3 N–H and O–H groups in total. The molecule has 0 aliphatic carbocycles. The zero-order valence-corrected chi connectivity index (χ0v) is 11.1. The van der Waals surface area contributed by atoms with Crippen molar-refractivity contribution < 1.29 is 27.8 Å². The minimum absolute atomic E-state index is 0.505. The number of halogens is 1. The number of nitrogens with one attached hydrogen (secondary N) is 1. The molecule has 0 saturated heterocycles. The third-order valence-corrected chi connectivity index (χ3v) is 3.86. The molecule has 106 valence electrons. The van der Waals surface area contributed by atoms with Gasteiger partial charge in [-0.2, -0.15) is 4.72 Å².